The van der Waals surface area contributed by atoms with Gasteiger partial charge in [-0.15, -0.1) is 17.4 Å². The van der Waals surface area contributed by atoms with Crippen LogP contribution in [0.4, 0.5) is 0 Å². The second-order valence-corrected chi connectivity index (χ2v) is 22.1. The van der Waals surface area contributed by atoms with Gasteiger partial charge >= 0.3 is 120 Å². The zero-order valence-electron chi connectivity index (χ0n) is 38.0. The number of benzene rings is 2. The number of fused-ring (bicyclic) bond motifs is 8. The number of allylic oxidation sites excluding steroid dienone is 16. The van der Waals surface area contributed by atoms with E-state index in [4.69, 9.17) is 23.2 Å². The third-order valence-electron chi connectivity index (χ3n) is 16.8. The second kappa shape index (κ2) is 18.4. The molecule has 2 aromatic carbocycles. The fourth-order valence-corrected chi connectivity index (χ4v) is 13.4. The molecule has 0 bridgehead atoms. The summed E-state index contributed by atoms with van der Waals surface area (Å²) in [5.74, 6) is 1.05. The van der Waals surface area contributed by atoms with Crippen molar-refractivity contribution in [1.29, 1.82) is 0 Å². The topological polar surface area (TPSA) is 0 Å². The van der Waals surface area contributed by atoms with Gasteiger partial charge < -0.3 is 31.2 Å². The Morgan fingerprint density at radius 1 is 0.750 bits per heavy atom. The van der Waals surface area contributed by atoms with E-state index in [1.807, 2.05) is 36.4 Å². The molecule has 8 rings (SSSR count). The summed E-state index contributed by atoms with van der Waals surface area (Å²) in [6, 6.07) is 15.8. The minimum Gasteiger partial charge on any atom is -1.00 e. The summed E-state index contributed by atoms with van der Waals surface area (Å²) >= 11 is 13.3. The maximum absolute atomic E-state index is 5.98. The Morgan fingerprint density at radius 2 is 1.25 bits per heavy atom. The third kappa shape index (κ3) is 7.72. The van der Waals surface area contributed by atoms with Crippen molar-refractivity contribution < 1.29 is 49.0 Å². The fraction of sp³-hybridized carbons (Fsp3) is 0.455. The molecule has 0 saturated heterocycles. The average molecular weight is 960 g/mol. The van der Waals surface area contributed by atoms with Crippen molar-refractivity contribution >= 4 is 26.4 Å². The molecule has 5 heteroatoms. The SMILES string of the molecule is CC1=CC=CC2[CH-]C3(C)C4(C)C=CC=CC4(C)C4(C)C=CC=CC4(C)C3(C)C12C.CCCCC1[C-]=CC(C(C)(C)C)=C1.Clc1cccc([C](=[Zr+2])c2cccc(Cl)c2)c1.[Cl-].[Cl-]. The molecule has 2 saturated carbocycles. The Balaban J connectivity index is 0.000000218. The molecule has 60 heavy (non-hydrogen) atoms. The fourth-order valence-electron chi connectivity index (χ4n) is 12.3. The van der Waals surface area contributed by atoms with Crippen LogP contribution < -0.4 is 24.8 Å². The van der Waals surface area contributed by atoms with Gasteiger partial charge in [0.2, 0.25) is 0 Å². The van der Waals surface area contributed by atoms with Crippen LogP contribution in [0.25, 0.3) is 0 Å². The normalized spacial score (nSPS) is 36.1. The molecule has 9 atom stereocenters. The van der Waals surface area contributed by atoms with Gasteiger partial charge in [0.25, 0.3) is 0 Å². The number of hydrogen-bond donors (Lipinski definition) is 0. The first-order valence-electron chi connectivity index (χ1n) is 21.5. The van der Waals surface area contributed by atoms with E-state index in [2.05, 4.69) is 187 Å². The van der Waals surface area contributed by atoms with E-state index in [1.165, 1.54) is 57.8 Å². The maximum Gasteiger partial charge on any atom is -1.00 e. The van der Waals surface area contributed by atoms with E-state index in [0.29, 0.717) is 17.3 Å². The second-order valence-electron chi connectivity index (χ2n) is 20.0. The predicted molar refractivity (Wildman–Crippen MR) is 248 cm³/mol. The molecular formula is C55H66Cl4Zr-2. The third-order valence-corrected chi connectivity index (χ3v) is 18.7. The number of unbranched alkanes of at least 4 members (excludes halogenated alkanes) is 1. The first kappa shape index (κ1) is 50.9. The summed E-state index contributed by atoms with van der Waals surface area (Å²) in [6.07, 6.45) is 41.1. The van der Waals surface area contributed by atoms with Crippen molar-refractivity contribution in [3.63, 3.8) is 0 Å². The predicted octanol–water partition coefficient (Wildman–Crippen LogP) is 9.90. The molecule has 0 heterocycles. The summed E-state index contributed by atoms with van der Waals surface area (Å²) in [4.78, 5) is 0. The van der Waals surface area contributed by atoms with Crippen LogP contribution >= 0.6 is 23.2 Å². The van der Waals surface area contributed by atoms with Crippen LogP contribution in [0.2, 0.25) is 10.0 Å². The van der Waals surface area contributed by atoms with Crippen LogP contribution in [0.5, 0.6) is 0 Å². The number of rotatable bonds is 5. The minimum atomic E-state index is 0. The van der Waals surface area contributed by atoms with Crippen molar-refractivity contribution in [3.8, 4) is 0 Å². The molecule has 2 aromatic rings. The molecule has 2 fully saturated rings. The summed E-state index contributed by atoms with van der Waals surface area (Å²) < 4.78 is 1.26. The van der Waals surface area contributed by atoms with E-state index >= 15 is 0 Å². The monoisotopic (exact) mass is 956 g/mol. The van der Waals surface area contributed by atoms with Crippen molar-refractivity contribution in [2.75, 3.05) is 0 Å². The van der Waals surface area contributed by atoms with Crippen LogP contribution in [-0.4, -0.2) is 3.21 Å². The molecule has 6 aliphatic rings. The molecule has 0 N–H and O–H groups in total. The molecule has 0 nitrogen and oxygen atoms in total. The molecule has 9 unspecified atom stereocenters. The van der Waals surface area contributed by atoms with Crippen molar-refractivity contribution in [2.45, 2.75) is 102 Å². The standard InChI is InChI=1S/C29H37.C13H8Cl2.C13H21.2ClH.Zr/c1-21-14-13-15-22-20-27(6)25(4)18-10-9-16-23(25,2)24(3)17-11-12-19-26(24,5)29(27,8)28(21,22)7;14-12-5-1-3-10(8-12)7-11-4-2-6-13(15)9-11;1-5-6-7-11-8-9-12(10-11)13(2,3)4;;;/h9-20,22H,1-8H3;1-6,8-9H;9-11H,5-7H2,1-4H3;2*1H;/q-1;;-1;;;+2/p-2. The van der Waals surface area contributed by atoms with Crippen molar-refractivity contribution in [3.05, 3.63) is 172 Å². The molecule has 6 aliphatic carbocycles. The van der Waals surface area contributed by atoms with Crippen molar-refractivity contribution in [2.24, 2.45) is 55.2 Å². The van der Waals surface area contributed by atoms with Gasteiger partial charge in [0.05, 0.1) is 0 Å². The van der Waals surface area contributed by atoms with Gasteiger partial charge in [-0.25, -0.2) is 6.08 Å². The van der Waals surface area contributed by atoms with E-state index in [-0.39, 0.29) is 62.7 Å². The number of halogens is 4. The van der Waals surface area contributed by atoms with Crippen LogP contribution in [-0.2, 0) is 24.2 Å². The van der Waals surface area contributed by atoms with E-state index in [0.717, 1.165) is 21.2 Å². The Kier molecular flexibility index (Phi) is 15.6. The molecule has 0 amide bonds. The molecule has 0 aromatic heterocycles. The maximum atomic E-state index is 5.98. The first-order valence-corrected chi connectivity index (χ1v) is 23.5. The van der Waals surface area contributed by atoms with Crippen LogP contribution in [0.1, 0.15) is 113 Å². The van der Waals surface area contributed by atoms with Gasteiger partial charge in [-0.1, -0.05) is 173 Å². The Labute approximate surface area is 402 Å². The van der Waals surface area contributed by atoms with E-state index < -0.39 is 0 Å². The van der Waals surface area contributed by atoms with Gasteiger partial charge in [-0.05, 0) is 28.6 Å². The molecular weight excluding hydrogens is 894 g/mol. The number of hydrogen-bond acceptors (Lipinski definition) is 0. The average Bonchev–Trinajstić information content (AvgIpc) is 3.74. The van der Waals surface area contributed by atoms with Crippen molar-refractivity contribution in [1.82, 2.24) is 0 Å². The molecule has 0 spiro atoms. The Hall–Kier alpha value is -1.73. The van der Waals surface area contributed by atoms with Gasteiger partial charge in [-0.3, -0.25) is 6.08 Å². The summed E-state index contributed by atoms with van der Waals surface area (Å²) in [6.45, 7) is 29.3. The van der Waals surface area contributed by atoms with E-state index in [9.17, 15) is 0 Å². The molecule has 320 valence electrons. The van der Waals surface area contributed by atoms with Crippen LogP contribution in [0, 0.1) is 67.7 Å². The minimum absolute atomic E-state index is 0. The summed E-state index contributed by atoms with van der Waals surface area (Å²) in [7, 11) is 0. The van der Waals surface area contributed by atoms with Crippen LogP contribution in [0.3, 0.4) is 0 Å². The van der Waals surface area contributed by atoms with Gasteiger partial charge in [0.15, 0.2) is 0 Å². The molecule has 0 radical (unpaired) electrons. The first-order chi connectivity index (χ1) is 27.1. The van der Waals surface area contributed by atoms with Crippen LogP contribution in [0.15, 0.2) is 139 Å². The quantitative estimate of drug-likeness (QED) is 0.262. The summed E-state index contributed by atoms with van der Waals surface area (Å²) in [5.41, 5.74) is 5.81. The van der Waals surface area contributed by atoms with E-state index in [1.54, 1.807) is 0 Å². The van der Waals surface area contributed by atoms with Gasteiger partial charge in [0, 0.05) is 10.8 Å². The molecule has 0 aliphatic heterocycles. The largest absolute Gasteiger partial charge is 1.00 e. The van der Waals surface area contributed by atoms with Gasteiger partial charge in [0.1, 0.15) is 0 Å². The smallest absolute Gasteiger partial charge is 1.00 e. The zero-order valence-corrected chi connectivity index (χ0v) is 43.5. The zero-order chi connectivity index (χ0) is 42.6. The Morgan fingerprint density at radius 3 is 1.73 bits per heavy atom. The van der Waals surface area contributed by atoms with Gasteiger partial charge in [-0.2, -0.15) is 11.6 Å². The Bertz CT molecular complexity index is 2130. The summed E-state index contributed by atoms with van der Waals surface area (Å²) in [5, 5.41) is 1.53.